The predicted octanol–water partition coefficient (Wildman–Crippen LogP) is 3.19. The Hall–Kier alpha value is -0.900. The van der Waals surface area contributed by atoms with Crippen molar-refractivity contribution < 1.29 is 4.74 Å². The number of benzene rings is 1. The predicted molar refractivity (Wildman–Crippen MR) is 88.3 cm³/mol. The fourth-order valence-electron chi connectivity index (χ4n) is 2.83. The minimum Gasteiger partial charge on any atom is -0.380 e. The minimum atomic E-state index is 0.152. The number of ether oxygens (including phenoxy) is 1. The number of piperidine rings is 1. The molecule has 1 saturated heterocycles. The summed E-state index contributed by atoms with van der Waals surface area (Å²) in [6, 6.07) is 8.78. The van der Waals surface area contributed by atoms with E-state index in [1.54, 1.807) is 0 Å². The van der Waals surface area contributed by atoms with Gasteiger partial charge in [0.25, 0.3) is 0 Å². The van der Waals surface area contributed by atoms with Gasteiger partial charge in [0.05, 0.1) is 6.10 Å². The lowest BCUT2D eigenvalue weighted by molar-refractivity contribution is 0.0284. The third-order valence-electron chi connectivity index (χ3n) is 4.12. The van der Waals surface area contributed by atoms with Crippen molar-refractivity contribution in [2.24, 2.45) is 0 Å². The normalized spacial score (nSPS) is 20.7. The molecule has 1 aromatic carbocycles. The lowest BCUT2D eigenvalue weighted by Gasteiger charge is -2.32. The van der Waals surface area contributed by atoms with Crippen molar-refractivity contribution in [2.75, 3.05) is 20.2 Å². The monoisotopic (exact) mass is 290 g/mol. The number of nitrogens with one attached hydrogen (secondary N) is 1. The van der Waals surface area contributed by atoms with Crippen molar-refractivity contribution >= 4 is 0 Å². The first-order valence-corrected chi connectivity index (χ1v) is 8.05. The molecule has 0 spiro atoms. The van der Waals surface area contributed by atoms with E-state index in [2.05, 4.69) is 55.3 Å². The number of hydrogen-bond acceptors (Lipinski definition) is 3. The van der Waals surface area contributed by atoms with Gasteiger partial charge in [-0.25, -0.2) is 0 Å². The molecule has 0 saturated carbocycles. The van der Waals surface area contributed by atoms with E-state index in [0.29, 0.717) is 6.10 Å². The molecule has 0 amide bonds. The van der Waals surface area contributed by atoms with Crippen molar-refractivity contribution in [1.29, 1.82) is 0 Å². The largest absolute Gasteiger partial charge is 0.380 e. The molecule has 2 rings (SSSR count). The van der Waals surface area contributed by atoms with Crippen molar-refractivity contribution in [3.63, 3.8) is 0 Å². The third-order valence-corrected chi connectivity index (χ3v) is 4.12. The van der Waals surface area contributed by atoms with Crippen LogP contribution in [0.2, 0.25) is 0 Å². The van der Waals surface area contributed by atoms with Gasteiger partial charge in [0.15, 0.2) is 0 Å². The molecule has 21 heavy (non-hydrogen) atoms. The van der Waals surface area contributed by atoms with Crippen LogP contribution in [0.3, 0.4) is 0 Å². The molecule has 0 aromatic heterocycles. The molecule has 1 fully saturated rings. The zero-order chi connectivity index (χ0) is 15.3. The summed E-state index contributed by atoms with van der Waals surface area (Å²) in [6.45, 7) is 10.8. The second kappa shape index (κ2) is 7.39. The van der Waals surface area contributed by atoms with Crippen molar-refractivity contribution in [2.45, 2.75) is 58.3 Å². The summed E-state index contributed by atoms with van der Waals surface area (Å²) >= 11 is 0. The lowest BCUT2D eigenvalue weighted by Crippen LogP contribution is -2.39. The van der Waals surface area contributed by atoms with Crippen LogP contribution in [0, 0.1) is 0 Å². The summed E-state index contributed by atoms with van der Waals surface area (Å²) < 4.78 is 5.53. The SMILES string of the molecule is COC1CCCN(Cc2ccccc2CNC(C)(C)C)C1. The minimum absolute atomic E-state index is 0.152. The zero-order valence-corrected chi connectivity index (χ0v) is 14.0. The van der Waals surface area contributed by atoms with E-state index in [0.717, 1.165) is 19.6 Å². The van der Waals surface area contributed by atoms with E-state index in [9.17, 15) is 0 Å². The highest BCUT2D eigenvalue weighted by Gasteiger charge is 2.20. The van der Waals surface area contributed by atoms with E-state index >= 15 is 0 Å². The Morgan fingerprint density at radius 1 is 1.24 bits per heavy atom. The van der Waals surface area contributed by atoms with Crippen molar-refractivity contribution in [1.82, 2.24) is 10.2 Å². The molecule has 3 heteroatoms. The van der Waals surface area contributed by atoms with Crippen LogP contribution in [0.25, 0.3) is 0 Å². The Morgan fingerprint density at radius 2 is 1.95 bits per heavy atom. The number of hydrogen-bond donors (Lipinski definition) is 1. The Kier molecular flexibility index (Phi) is 5.80. The highest BCUT2D eigenvalue weighted by Crippen LogP contribution is 2.18. The summed E-state index contributed by atoms with van der Waals surface area (Å²) in [5, 5.41) is 3.59. The van der Waals surface area contributed by atoms with Crippen LogP contribution >= 0.6 is 0 Å². The molecule has 0 radical (unpaired) electrons. The molecule has 0 aliphatic carbocycles. The van der Waals surface area contributed by atoms with Gasteiger partial charge in [-0.1, -0.05) is 24.3 Å². The molecule has 1 atom stereocenters. The van der Waals surface area contributed by atoms with Crippen LogP contribution in [0.5, 0.6) is 0 Å². The van der Waals surface area contributed by atoms with Gasteiger partial charge in [0.1, 0.15) is 0 Å². The third kappa shape index (κ3) is 5.42. The van der Waals surface area contributed by atoms with Gasteiger partial charge in [-0.05, 0) is 51.3 Å². The van der Waals surface area contributed by atoms with Gasteiger partial charge in [0, 0.05) is 32.3 Å². The van der Waals surface area contributed by atoms with Crippen molar-refractivity contribution in [3.05, 3.63) is 35.4 Å². The van der Waals surface area contributed by atoms with Gasteiger partial charge in [0.2, 0.25) is 0 Å². The molecule has 1 aromatic rings. The Balaban J connectivity index is 1.99. The fourth-order valence-corrected chi connectivity index (χ4v) is 2.83. The molecular weight excluding hydrogens is 260 g/mol. The first-order valence-electron chi connectivity index (χ1n) is 8.05. The lowest BCUT2D eigenvalue weighted by atomic mass is 10.0. The van der Waals surface area contributed by atoms with Crippen LogP contribution in [-0.4, -0.2) is 36.7 Å². The highest BCUT2D eigenvalue weighted by molar-refractivity contribution is 5.27. The summed E-state index contributed by atoms with van der Waals surface area (Å²) in [7, 11) is 1.83. The van der Waals surface area contributed by atoms with Gasteiger partial charge in [-0.3, -0.25) is 4.90 Å². The molecular formula is C18H30N2O. The molecule has 0 bridgehead atoms. The van der Waals surface area contributed by atoms with E-state index < -0.39 is 0 Å². The summed E-state index contributed by atoms with van der Waals surface area (Å²) in [5.74, 6) is 0. The molecule has 3 nitrogen and oxygen atoms in total. The van der Waals surface area contributed by atoms with Crippen molar-refractivity contribution in [3.8, 4) is 0 Å². The van der Waals surface area contributed by atoms with Gasteiger partial charge in [-0.2, -0.15) is 0 Å². The van der Waals surface area contributed by atoms with Crippen LogP contribution in [-0.2, 0) is 17.8 Å². The molecule has 118 valence electrons. The van der Waals surface area contributed by atoms with E-state index in [1.807, 2.05) is 7.11 Å². The maximum atomic E-state index is 5.53. The molecule has 1 heterocycles. The summed E-state index contributed by atoms with van der Waals surface area (Å²) in [6.07, 6.45) is 2.83. The van der Waals surface area contributed by atoms with Gasteiger partial charge >= 0.3 is 0 Å². The fraction of sp³-hybridized carbons (Fsp3) is 0.667. The van der Waals surface area contributed by atoms with E-state index in [-0.39, 0.29) is 5.54 Å². The smallest absolute Gasteiger partial charge is 0.0698 e. The second-order valence-corrected chi connectivity index (χ2v) is 7.11. The highest BCUT2D eigenvalue weighted by atomic mass is 16.5. The second-order valence-electron chi connectivity index (χ2n) is 7.11. The number of rotatable bonds is 5. The van der Waals surface area contributed by atoms with Gasteiger partial charge in [-0.15, -0.1) is 0 Å². The maximum Gasteiger partial charge on any atom is 0.0698 e. The first kappa shape index (κ1) is 16.5. The molecule has 1 aliphatic rings. The van der Waals surface area contributed by atoms with Gasteiger partial charge < -0.3 is 10.1 Å². The van der Waals surface area contributed by atoms with Crippen LogP contribution < -0.4 is 5.32 Å². The Labute approximate surface area is 129 Å². The standard InChI is InChI=1S/C18H30N2O/c1-18(2,3)19-12-15-8-5-6-9-16(15)13-20-11-7-10-17(14-20)21-4/h5-6,8-9,17,19H,7,10-14H2,1-4H3. The average molecular weight is 290 g/mol. The first-order chi connectivity index (χ1) is 9.98. The van der Waals surface area contributed by atoms with Crippen LogP contribution in [0.1, 0.15) is 44.7 Å². The van der Waals surface area contributed by atoms with Crippen LogP contribution in [0.15, 0.2) is 24.3 Å². The average Bonchev–Trinajstić information content (AvgIpc) is 2.46. The van der Waals surface area contributed by atoms with Crippen LogP contribution in [0.4, 0.5) is 0 Å². The quantitative estimate of drug-likeness (QED) is 0.901. The molecule has 1 N–H and O–H groups in total. The Morgan fingerprint density at radius 3 is 2.62 bits per heavy atom. The topological polar surface area (TPSA) is 24.5 Å². The number of methoxy groups -OCH3 is 1. The molecule has 1 unspecified atom stereocenters. The van der Waals surface area contributed by atoms with E-state index in [1.165, 1.54) is 30.5 Å². The number of likely N-dealkylation sites (tertiary alicyclic amines) is 1. The maximum absolute atomic E-state index is 5.53. The Bertz CT molecular complexity index is 439. The zero-order valence-electron chi connectivity index (χ0n) is 14.0. The van der Waals surface area contributed by atoms with E-state index in [4.69, 9.17) is 4.74 Å². The summed E-state index contributed by atoms with van der Waals surface area (Å²) in [5.41, 5.74) is 3.00. The summed E-state index contributed by atoms with van der Waals surface area (Å²) in [4.78, 5) is 2.52. The number of nitrogens with zero attached hydrogens (tertiary/aromatic N) is 1. The molecule has 1 aliphatic heterocycles.